The second-order valence-corrected chi connectivity index (χ2v) is 18.6. The molecule has 5 N–H and O–H groups in total. The summed E-state index contributed by atoms with van der Waals surface area (Å²) in [5.41, 5.74) is -1.47. The topological polar surface area (TPSA) is 244 Å². The van der Waals surface area contributed by atoms with Crippen molar-refractivity contribution in [1.29, 1.82) is 0 Å². The fourth-order valence-corrected chi connectivity index (χ4v) is 10.8. The SMILES string of the molecule is CC(=O)O[C@H]1C(=O)[C@]2(C)[C@@H](OC(=O)C(C)N)C[C@H]3OC[C@@]3(OC(C)=O)[C@H]2[C@H](OC(=O)c2ccccc2)[C@]2(O)C[C@H](C(=O)[C@H](O)[C@@H](NC(=O)c3ccccc3)c3ccccc3)C(C)=C1C2(C)C. The number of esters is 4. The molecule has 4 aliphatic rings. The minimum Gasteiger partial charge on any atom is -0.460 e. The van der Waals surface area contributed by atoms with Crippen molar-refractivity contribution in [2.24, 2.45) is 28.4 Å². The molecule has 350 valence electrons. The Morgan fingerprint density at radius 3 is 1.94 bits per heavy atom. The number of aliphatic hydroxyl groups is 2. The first-order valence-electron chi connectivity index (χ1n) is 21.9. The van der Waals surface area contributed by atoms with E-state index in [0.717, 1.165) is 13.8 Å². The first-order valence-corrected chi connectivity index (χ1v) is 21.9. The van der Waals surface area contributed by atoms with Gasteiger partial charge in [0.1, 0.15) is 36.1 Å². The molecule has 66 heavy (non-hydrogen) atoms. The predicted octanol–water partition coefficient (Wildman–Crippen LogP) is 3.91. The van der Waals surface area contributed by atoms with Crippen LogP contribution in [0.3, 0.4) is 0 Å². The molecule has 2 saturated carbocycles. The third-order valence-electron chi connectivity index (χ3n) is 14.3. The average molecular weight is 909 g/mol. The lowest BCUT2D eigenvalue weighted by Crippen LogP contribution is -2.82. The first kappa shape index (κ1) is 47.9. The molecule has 7 rings (SSSR count). The zero-order chi connectivity index (χ0) is 48.1. The van der Waals surface area contributed by atoms with E-state index in [1.165, 1.54) is 32.9 Å². The molecule has 16 heteroatoms. The number of Topliss-reactive ketones (excluding diaryl/α,β-unsaturated/α-hetero) is 2. The molecule has 3 aliphatic carbocycles. The third-order valence-corrected chi connectivity index (χ3v) is 14.3. The van der Waals surface area contributed by atoms with Gasteiger partial charge in [0.25, 0.3) is 5.91 Å². The predicted molar refractivity (Wildman–Crippen MR) is 234 cm³/mol. The van der Waals surface area contributed by atoms with E-state index in [4.69, 9.17) is 29.4 Å². The van der Waals surface area contributed by atoms with E-state index < -0.39 is 124 Å². The molecule has 1 aliphatic heterocycles. The maximum Gasteiger partial charge on any atom is 0.338 e. The number of carbonyl (C=O) groups excluding carboxylic acids is 7. The smallest absolute Gasteiger partial charge is 0.338 e. The van der Waals surface area contributed by atoms with Crippen LogP contribution in [0.15, 0.2) is 102 Å². The maximum absolute atomic E-state index is 16.0. The summed E-state index contributed by atoms with van der Waals surface area (Å²) >= 11 is 0. The highest BCUT2D eigenvalue weighted by Gasteiger charge is 2.79. The fourth-order valence-electron chi connectivity index (χ4n) is 10.8. The maximum atomic E-state index is 16.0. The standard InChI is InChI=1S/C50H56N2O14/c1-26-33(38(55)39(56)37(30-17-11-8-12-18-30)52-44(58)31-19-13-9-14-20-31)24-50(61)43(65-46(60)32-21-15-10-16-22-32)41-48(7,42(57)40(63-28(3)53)36(26)47(50,5)6)34(64-45(59)27(2)51)23-35-49(41,25-62-35)66-29(4)54/h8-22,27,33-35,37,39-41,43,56,61H,23-25,51H2,1-7H3,(H,52,58)/t27?,33-,34-,35+,37-,39+,40+,41-,43-,48+,49-,50+/m0/s1. The molecule has 1 heterocycles. The number of carbonyl (C=O) groups is 7. The molecule has 3 fully saturated rings. The normalized spacial score (nSPS) is 31.1. The van der Waals surface area contributed by atoms with Crippen LogP contribution in [0.2, 0.25) is 0 Å². The van der Waals surface area contributed by atoms with E-state index in [0.29, 0.717) is 5.56 Å². The van der Waals surface area contributed by atoms with Gasteiger partial charge in [-0.15, -0.1) is 0 Å². The number of ketones is 2. The molecular weight excluding hydrogens is 853 g/mol. The number of rotatable bonds is 12. The Hall–Kier alpha value is -6.07. The summed E-state index contributed by atoms with van der Waals surface area (Å²) in [4.78, 5) is 99.5. The van der Waals surface area contributed by atoms with E-state index >= 15 is 9.59 Å². The van der Waals surface area contributed by atoms with Crippen LogP contribution < -0.4 is 11.1 Å². The van der Waals surface area contributed by atoms with Crippen LogP contribution in [0.25, 0.3) is 0 Å². The zero-order valence-corrected chi connectivity index (χ0v) is 37.8. The largest absolute Gasteiger partial charge is 0.460 e. The fraction of sp³-hybridized carbons (Fsp3) is 0.460. The van der Waals surface area contributed by atoms with Crippen molar-refractivity contribution >= 4 is 41.4 Å². The number of benzene rings is 3. The van der Waals surface area contributed by atoms with Crippen LogP contribution in [-0.2, 0) is 47.7 Å². The number of ether oxygens (including phenoxy) is 5. The van der Waals surface area contributed by atoms with Crippen LogP contribution in [-0.4, -0.2) is 106 Å². The highest BCUT2D eigenvalue weighted by Crippen LogP contribution is 2.65. The number of amides is 1. The number of nitrogens with one attached hydrogen (secondary N) is 1. The van der Waals surface area contributed by atoms with Gasteiger partial charge in [-0.25, -0.2) is 4.79 Å². The van der Waals surface area contributed by atoms with Gasteiger partial charge < -0.3 is 44.9 Å². The van der Waals surface area contributed by atoms with Gasteiger partial charge in [-0.3, -0.25) is 28.8 Å². The van der Waals surface area contributed by atoms with Crippen LogP contribution in [0.4, 0.5) is 0 Å². The molecule has 0 radical (unpaired) electrons. The van der Waals surface area contributed by atoms with Gasteiger partial charge in [-0.05, 0) is 62.6 Å². The summed E-state index contributed by atoms with van der Waals surface area (Å²) in [5, 5.41) is 29.1. The van der Waals surface area contributed by atoms with Crippen molar-refractivity contribution in [3.63, 3.8) is 0 Å². The summed E-state index contributed by atoms with van der Waals surface area (Å²) in [5.74, 6) is -9.17. The van der Waals surface area contributed by atoms with Crippen molar-refractivity contribution in [1.82, 2.24) is 5.32 Å². The summed E-state index contributed by atoms with van der Waals surface area (Å²) in [6, 6.07) is 21.7. The van der Waals surface area contributed by atoms with E-state index in [1.54, 1.807) is 92.7 Å². The Kier molecular flexibility index (Phi) is 13.0. The van der Waals surface area contributed by atoms with Crippen molar-refractivity contribution < 1.29 is 67.5 Å². The Morgan fingerprint density at radius 2 is 1.41 bits per heavy atom. The van der Waals surface area contributed by atoms with E-state index in [9.17, 15) is 34.2 Å². The Labute approximate surface area is 382 Å². The lowest BCUT2D eigenvalue weighted by atomic mass is 9.44. The van der Waals surface area contributed by atoms with Gasteiger partial charge in [0.2, 0.25) is 0 Å². The lowest BCUT2D eigenvalue weighted by molar-refractivity contribution is -0.346. The van der Waals surface area contributed by atoms with Crippen molar-refractivity contribution in [2.45, 2.75) is 115 Å². The summed E-state index contributed by atoms with van der Waals surface area (Å²) < 4.78 is 30.7. The number of hydrogen-bond acceptors (Lipinski definition) is 15. The Balaban J connectivity index is 1.48. The molecule has 0 aromatic heterocycles. The molecule has 0 spiro atoms. The van der Waals surface area contributed by atoms with E-state index in [-0.39, 0.29) is 35.3 Å². The minimum atomic E-state index is -2.48. The molecule has 1 unspecified atom stereocenters. The van der Waals surface area contributed by atoms with Crippen LogP contribution in [0.5, 0.6) is 0 Å². The molecule has 16 nitrogen and oxygen atoms in total. The summed E-state index contributed by atoms with van der Waals surface area (Å²) in [6.07, 6.45) is -9.21. The zero-order valence-electron chi connectivity index (χ0n) is 37.8. The monoisotopic (exact) mass is 908 g/mol. The van der Waals surface area contributed by atoms with E-state index in [2.05, 4.69) is 5.32 Å². The van der Waals surface area contributed by atoms with Gasteiger partial charge in [0.15, 0.2) is 23.3 Å². The number of aliphatic hydroxyl groups excluding tert-OH is 1. The molecule has 1 amide bonds. The van der Waals surface area contributed by atoms with Crippen molar-refractivity contribution in [3.8, 4) is 0 Å². The quantitative estimate of drug-likeness (QED) is 0.114. The van der Waals surface area contributed by atoms with E-state index in [1.807, 2.05) is 0 Å². The number of fused-ring (bicyclic) bond motifs is 5. The number of hydrogen-bond donors (Lipinski definition) is 4. The number of allylic oxidation sites excluding steroid dienone is 1. The van der Waals surface area contributed by atoms with Gasteiger partial charge in [0.05, 0.1) is 29.5 Å². The molecule has 3 aromatic carbocycles. The summed E-state index contributed by atoms with van der Waals surface area (Å²) in [6.45, 7) is 9.27. The van der Waals surface area contributed by atoms with Gasteiger partial charge in [0, 0.05) is 37.2 Å². The molecule has 3 aromatic rings. The second-order valence-electron chi connectivity index (χ2n) is 18.6. The van der Waals surface area contributed by atoms with Gasteiger partial charge in [-0.1, -0.05) is 86.2 Å². The van der Waals surface area contributed by atoms with Crippen LogP contribution in [0.1, 0.15) is 93.6 Å². The van der Waals surface area contributed by atoms with Crippen LogP contribution >= 0.6 is 0 Å². The minimum absolute atomic E-state index is 0.0381. The average Bonchev–Trinajstić information content (AvgIpc) is 3.28. The van der Waals surface area contributed by atoms with Gasteiger partial charge in [-0.2, -0.15) is 0 Å². The molecular formula is C50H56N2O14. The lowest BCUT2D eigenvalue weighted by Gasteiger charge is -2.67. The Morgan fingerprint density at radius 1 is 0.833 bits per heavy atom. The molecule has 2 bridgehead atoms. The highest BCUT2D eigenvalue weighted by atomic mass is 16.6. The number of nitrogens with two attached hydrogens (primary N) is 1. The molecule has 1 saturated heterocycles. The Bertz CT molecular complexity index is 2440. The highest BCUT2D eigenvalue weighted by molar-refractivity contribution is 5.98. The second kappa shape index (κ2) is 18.0. The first-order chi connectivity index (χ1) is 31.1. The van der Waals surface area contributed by atoms with Crippen molar-refractivity contribution in [3.05, 3.63) is 119 Å². The van der Waals surface area contributed by atoms with Crippen LogP contribution in [0, 0.1) is 22.7 Å². The molecule has 12 atom stereocenters. The summed E-state index contributed by atoms with van der Waals surface area (Å²) in [7, 11) is 0. The van der Waals surface area contributed by atoms with Gasteiger partial charge >= 0.3 is 23.9 Å². The third kappa shape index (κ3) is 8.03. The van der Waals surface area contributed by atoms with Crippen molar-refractivity contribution in [2.75, 3.05) is 6.61 Å².